The summed E-state index contributed by atoms with van der Waals surface area (Å²) in [4.78, 5) is 45.3. The minimum atomic E-state index is -0.586. The third-order valence-corrected chi connectivity index (χ3v) is 9.40. The van der Waals surface area contributed by atoms with Crippen molar-refractivity contribution in [1.82, 2.24) is 10.3 Å². The number of thiazole rings is 1. The fraction of sp³-hybridized carbons (Fsp3) is 0.135. The molecule has 5 aromatic rings. The lowest BCUT2D eigenvalue weighted by Gasteiger charge is -2.15. The van der Waals surface area contributed by atoms with Gasteiger partial charge in [-0.3, -0.25) is 14.4 Å². The van der Waals surface area contributed by atoms with Gasteiger partial charge in [0.15, 0.2) is 16.6 Å². The predicted molar refractivity (Wildman–Crippen MR) is 200 cm³/mol. The highest BCUT2D eigenvalue weighted by molar-refractivity contribution is 8.00. The van der Waals surface area contributed by atoms with Crippen molar-refractivity contribution in [3.8, 4) is 28.5 Å². The molecule has 256 valence electrons. The van der Waals surface area contributed by atoms with Gasteiger partial charge in [0.05, 0.1) is 32.3 Å². The Bertz CT molecular complexity index is 2040. The first-order chi connectivity index (χ1) is 24.2. The molecular formula is C37H33ClN4O6S2. The van der Waals surface area contributed by atoms with Gasteiger partial charge in [0.25, 0.3) is 11.8 Å². The third kappa shape index (κ3) is 9.03. The van der Waals surface area contributed by atoms with Crippen LogP contribution in [0.15, 0.2) is 107 Å². The quantitative estimate of drug-likeness (QED) is 0.0822. The Morgan fingerprint density at radius 3 is 2.26 bits per heavy atom. The summed E-state index contributed by atoms with van der Waals surface area (Å²) >= 11 is 8.93. The molecule has 0 aliphatic heterocycles. The summed E-state index contributed by atoms with van der Waals surface area (Å²) in [7, 11) is 4.49. The van der Waals surface area contributed by atoms with Gasteiger partial charge >= 0.3 is 0 Å². The number of rotatable bonds is 13. The van der Waals surface area contributed by atoms with Gasteiger partial charge in [-0.2, -0.15) is 0 Å². The number of benzene rings is 4. The number of nitrogens with zero attached hydrogens (tertiary/aromatic N) is 1. The molecule has 3 amide bonds. The molecule has 0 aliphatic rings. The first-order valence-electron chi connectivity index (χ1n) is 15.2. The van der Waals surface area contributed by atoms with E-state index in [0.29, 0.717) is 49.9 Å². The number of hydrogen-bond acceptors (Lipinski definition) is 9. The molecular weight excluding hydrogens is 696 g/mol. The fourth-order valence-electron chi connectivity index (χ4n) is 4.70. The van der Waals surface area contributed by atoms with Crippen LogP contribution < -0.4 is 30.2 Å². The lowest BCUT2D eigenvalue weighted by molar-refractivity contribution is -0.115. The Morgan fingerprint density at radius 1 is 0.840 bits per heavy atom. The van der Waals surface area contributed by atoms with E-state index in [1.54, 1.807) is 73.7 Å². The lowest BCUT2D eigenvalue weighted by Crippen LogP contribution is -2.30. The number of halogens is 1. The number of methoxy groups -OCH3 is 3. The van der Waals surface area contributed by atoms with Crippen LogP contribution in [-0.2, 0) is 9.59 Å². The van der Waals surface area contributed by atoms with Crippen molar-refractivity contribution in [2.45, 2.75) is 17.1 Å². The van der Waals surface area contributed by atoms with Crippen LogP contribution in [0.25, 0.3) is 17.3 Å². The zero-order valence-electron chi connectivity index (χ0n) is 27.5. The van der Waals surface area contributed by atoms with Gasteiger partial charge in [0.2, 0.25) is 5.91 Å². The molecule has 0 radical (unpaired) electrons. The second-order valence-corrected chi connectivity index (χ2v) is 13.3. The molecule has 1 unspecified atom stereocenters. The van der Waals surface area contributed by atoms with Crippen LogP contribution >= 0.6 is 34.7 Å². The van der Waals surface area contributed by atoms with Crippen molar-refractivity contribution in [2.75, 3.05) is 32.0 Å². The highest BCUT2D eigenvalue weighted by Crippen LogP contribution is 2.36. The van der Waals surface area contributed by atoms with Crippen molar-refractivity contribution in [2.24, 2.45) is 0 Å². The highest BCUT2D eigenvalue weighted by Gasteiger charge is 2.20. The average Bonchev–Trinajstić information content (AvgIpc) is 3.59. The number of ether oxygens (including phenoxy) is 3. The van der Waals surface area contributed by atoms with Crippen LogP contribution in [0.3, 0.4) is 0 Å². The Kier molecular flexibility index (Phi) is 12.2. The summed E-state index contributed by atoms with van der Waals surface area (Å²) in [6.07, 6.45) is 1.50. The molecule has 4 aromatic carbocycles. The Hall–Kier alpha value is -5.30. The maximum Gasteiger partial charge on any atom is 0.272 e. The summed E-state index contributed by atoms with van der Waals surface area (Å²) in [5.74, 6) is -0.0569. The minimum Gasteiger partial charge on any atom is -0.496 e. The normalized spacial score (nSPS) is 11.7. The van der Waals surface area contributed by atoms with Crippen LogP contribution in [0.2, 0.25) is 5.02 Å². The molecule has 1 atom stereocenters. The molecule has 50 heavy (non-hydrogen) atoms. The molecule has 3 N–H and O–H groups in total. The number of nitrogens with one attached hydrogen (secondary N) is 3. The first kappa shape index (κ1) is 36.0. The average molecular weight is 729 g/mol. The Labute approximate surface area is 302 Å². The number of anilines is 2. The zero-order valence-corrected chi connectivity index (χ0v) is 29.9. The smallest absolute Gasteiger partial charge is 0.272 e. The van der Waals surface area contributed by atoms with Gasteiger partial charge in [-0.05, 0) is 55.5 Å². The topological polar surface area (TPSA) is 128 Å². The summed E-state index contributed by atoms with van der Waals surface area (Å²) in [6.45, 7) is 1.78. The summed E-state index contributed by atoms with van der Waals surface area (Å²) < 4.78 is 16.4. The van der Waals surface area contributed by atoms with E-state index < -0.39 is 17.1 Å². The van der Waals surface area contributed by atoms with Crippen LogP contribution in [-0.4, -0.2) is 49.3 Å². The van der Waals surface area contributed by atoms with E-state index in [2.05, 4.69) is 20.9 Å². The SMILES string of the molecule is COc1cc(OC)c(OC)cc1/C=C(/NC(=O)c1ccccc1)C(=O)Nc1cccc(SC(C)C(=O)Nc2nc(-c3ccccc3Cl)cs2)c1. The maximum atomic E-state index is 13.8. The van der Waals surface area contributed by atoms with Crippen molar-refractivity contribution < 1.29 is 28.6 Å². The highest BCUT2D eigenvalue weighted by atomic mass is 35.5. The second kappa shape index (κ2) is 16.9. The van der Waals surface area contributed by atoms with Crippen molar-refractivity contribution >= 4 is 69.3 Å². The molecule has 0 aliphatic carbocycles. The molecule has 0 bridgehead atoms. The number of carbonyl (C=O) groups excluding carboxylic acids is 3. The third-order valence-electron chi connectivity index (χ3n) is 7.22. The van der Waals surface area contributed by atoms with Gasteiger partial charge in [0, 0.05) is 43.7 Å². The molecule has 0 saturated carbocycles. The predicted octanol–water partition coefficient (Wildman–Crippen LogP) is 8.02. The molecule has 5 rings (SSSR count). The van der Waals surface area contributed by atoms with E-state index in [1.807, 2.05) is 29.6 Å². The summed E-state index contributed by atoms with van der Waals surface area (Å²) in [5, 5.41) is 10.8. The van der Waals surface area contributed by atoms with Crippen LogP contribution in [0.1, 0.15) is 22.8 Å². The van der Waals surface area contributed by atoms with Crippen molar-refractivity contribution in [3.05, 3.63) is 118 Å². The monoisotopic (exact) mass is 728 g/mol. The zero-order chi connectivity index (χ0) is 35.6. The Balaban J connectivity index is 1.32. The molecule has 1 aromatic heterocycles. The van der Waals surface area contributed by atoms with Crippen LogP contribution in [0.4, 0.5) is 10.8 Å². The van der Waals surface area contributed by atoms with E-state index in [-0.39, 0.29) is 11.6 Å². The largest absolute Gasteiger partial charge is 0.496 e. The first-order valence-corrected chi connectivity index (χ1v) is 17.3. The number of aromatic nitrogens is 1. The van der Waals surface area contributed by atoms with E-state index in [4.69, 9.17) is 25.8 Å². The van der Waals surface area contributed by atoms with Gasteiger partial charge in [-0.25, -0.2) is 4.98 Å². The molecule has 0 spiro atoms. The van der Waals surface area contributed by atoms with Crippen molar-refractivity contribution in [3.63, 3.8) is 0 Å². The number of thioether (sulfide) groups is 1. The fourth-order valence-corrected chi connectivity index (χ4v) is 6.57. The number of amides is 3. The number of carbonyl (C=O) groups is 3. The maximum absolute atomic E-state index is 13.8. The summed E-state index contributed by atoms with van der Waals surface area (Å²) in [6, 6.07) is 26.3. The van der Waals surface area contributed by atoms with E-state index >= 15 is 0 Å². The second-order valence-electron chi connectivity index (χ2n) is 10.6. The number of hydrogen-bond donors (Lipinski definition) is 3. The molecule has 10 nitrogen and oxygen atoms in total. The minimum absolute atomic E-state index is 0.0465. The molecule has 1 heterocycles. The van der Waals surface area contributed by atoms with Crippen molar-refractivity contribution in [1.29, 1.82) is 0 Å². The van der Waals surface area contributed by atoms with Gasteiger partial charge in [-0.15, -0.1) is 23.1 Å². The van der Waals surface area contributed by atoms with E-state index in [9.17, 15) is 14.4 Å². The lowest BCUT2D eigenvalue weighted by atomic mass is 10.1. The standard InChI is InChI=1S/C37H33ClN4O6S2/c1-22(34(43)42-37-41-30(21-49-37)27-15-8-9-16-28(27)38)50-26-14-10-13-25(19-26)39-36(45)29(40-35(44)23-11-6-5-7-12-23)17-24-18-32(47-3)33(48-4)20-31(24)46-2/h5-22H,1-4H3,(H,39,45)(H,40,44)(H,41,42,43)/b29-17+. The van der Waals surface area contributed by atoms with E-state index in [1.165, 1.54) is 50.5 Å². The van der Waals surface area contributed by atoms with E-state index in [0.717, 1.165) is 10.5 Å². The van der Waals surface area contributed by atoms with Gasteiger partial charge in [0.1, 0.15) is 11.4 Å². The van der Waals surface area contributed by atoms with Crippen LogP contribution in [0.5, 0.6) is 17.2 Å². The van der Waals surface area contributed by atoms with Gasteiger partial charge in [-0.1, -0.05) is 54.1 Å². The van der Waals surface area contributed by atoms with Crippen LogP contribution in [0, 0.1) is 0 Å². The molecule has 0 fully saturated rings. The summed E-state index contributed by atoms with van der Waals surface area (Å²) in [5.41, 5.74) is 2.71. The van der Waals surface area contributed by atoms with Gasteiger partial charge < -0.3 is 30.2 Å². The molecule has 13 heteroatoms. The molecule has 0 saturated heterocycles. The Morgan fingerprint density at radius 2 is 1.54 bits per heavy atom.